The van der Waals surface area contributed by atoms with Gasteiger partial charge in [-0.25, -0.2) is 9.64 Å². The van der Waals surface area contributed by atoms with Crippen molar-refractivity contribution in [2.24, 2.45) is 0 Å². The van der Waals surface area contributed by atoms with Crippen molar-refractivity contribution in [2.75, 3.05) is 83.5 Å². The largest absolute Gasteiger partial charge is 0.497 e. The number of nitrogens with zero attached hydrogens (tertiary/aromatic N) is 4. The number of benzene rings is 4. The van der Waals surface area contributed by atoms with Crippen molar-refractivity contribution in [1.82, 2.24) is 0 Å². The molecule has 1 spiro atoms. The van der Waals surface area contributed by atoms with Gasteiger partial charge in [-0.15, -0.1) is 0 Å². The van der Waals surface area contributed by atoms with Gasteiger partial charge in [0.15, 0.2) is 5.60 Å². The van der Waals surface area contributed by atoms with E-state index in [1.165, 1.54) is 61.7 Å². The van der Waals surface area contributed by atoms with Gasteiger partial charge in [-0.2, -0.15) is 5.26 Å². The smallest absolute Gasteiger partial charge is 0.340 e. The number of hydrogen-bond acceptors (Lipinski definition) is 28. The van der Waals surface area contributed by atoms with Crippen LogP contribution in [0.2, 0.25) is 0 Å². The number of anilines is 2. The monoisotopic (exact) mass is 1210 g/mol. The van der Waals surface area contributed by atoms with Crippen LogP contribution >= 0.6 is 0 Å². The molecule has 1 aliphatic heterocycles. The third-order valence-electron chi connectivity index (χ3n) is 12.7. The molecule has 1 atom stereocenters. The van der Waals surface area contributed by atoms with Crippen LogP contribution in [0.5, 0.6) is 28.7 Å². The van der Waals surface area contributed by atoms with Gasteiger partial charge in [0, 0.05) is 64.2 Å². The molecule has 29 nitrogen and oxygen atoms in total. The number of carbonyl (C=O) groups excluding carboxylic acids is 11. The van der Waals surface area contributed by atoms with Crippen molar-refractivity contribution < 1.29 is 119 Å². The summed E-state index contributed by atoms with van der Waals surface area (Å²) in [6, 6.07) is 14.3. The van der Waals surface area contributed by atoms with E-state index in [0.29, 0.717) is 11.1 Å². The van der Waals surface area contributed by atoms with Gasteiger partial charge >= 0.3 is 65.7 Å². The molecular formula is C58H56N4O25. The average molecular weight is 1210 g/mol. The highest BCUT2D eigenvalue weighted by Crippen LogP contribution is 2.60. The lowest BCUT2D eigenvalue weighted by molar-refractivity contribution is -0.167. The number of fused-ring (bicyclic) bond motifs is 6. The Kier molecular flexibility index (Phi) is 21.4. The summed E-state index contributed by atoms with van der Waals surface area (Å²) < 4.78 is 75.1. The Morgan fingerprint density at radius 3 is 1.39 bits per heavy atom. The Labute approximate surface area is 495 Å². The first kappa shape index (κ1) is 65.2. The fraction of sp³-hybridized carbons (Fsp3) is 0.362. The van der Waals surface area contributed by atoms with E-state index in [1.54, 1.807) is 13.8 Å². The summed E-state index contributed by atoms with van der Waals surface area (Å²) >= 11 is 0. The molecule has 0 fully saturated rings. The molecule has 4 aromatic rings. The number of hydrogen-bond donors (Lipinski definition) is 0. The fourth-order valence-electron chi connectivity index (χ4n) is 9.02. The van der Waals surface area contributed by atoms with Crippen molar-refractivity contribution in [3.63, 3.8) is 0 Å². The topological polar surface area (TPSA) is 352 Å². The molecular weight excluding hydrogens is 1150 g/mol. The summed E-state index contributed by atoms with van der Waals surface area (Å²) in [6.07, 6.45) is 0. The second-order valence-corrected chi connectivity index (χ2v) is 19.1. The van der Waals surface area contributed by atoms with Crippen LogP contribution in [0, 0.1) is 17.9 Å². The Hall–Kier alpha value is -11.0. The standard InChI is InChI=1S/C58H56N4O25/c1-31(63)77-27-81-52(69)23-61(24-53(70)82-28-78-32(2)64)46-12-11-38(74-10)16-50(46)75-13-14-76-51-19-40-39(17-47(51)62(25-54(71)83-29-79-33(3)65)26-55(72)84-30-80-34(4)66)56(73)87-58(40)43-15-37(22-59)48(85-35(5)67)20-41(43)57(7,8)42-21-49(86-36(6)68)45(60-9)18-44(42)58/h11-12,15-21H,13-14,23-30H2,1-8,10H3. The lowest BCUT2D eigenvalue weighted by Gasteiger charge is -2.45. The van der Waals surface area contributed by atoms with E-state index in [2.05, 4.69) is 4.85 Å². The maximum atomic E-state index is 14.9. The molecule has 87 heavy (non-hydrogen) atoms. The predicted octanol–water partition coefficient (Wildman–Crippen LogP) is 4.40. The second kappa shape index (κ2) is 28.5. The molecule has 0 N–H and O–H groups in total. The van der Waals surface area contributed by atoms with Gasteiger partial charge in [0.25, 0.3) is 0 Å². The van der Waals surface area contributed by atoms with Gasteiger partial charge in [0.05, 0.1) is 36.2 Å². The normalized spacial score (nSPS) is 13.6. The SMILES string of the molecule is [C-]#[N+]c1cc2c(cc1OC(C)=O)C(C)(C)c1cc(OC(C)=O)c(C#N)cc1C21OC(=O)c2cc(N(CC(=O)OCOC(C)=O)CC(=O)OCOC(C)=O)c(OCCOc3cc(OC)ccc3N(CC(=O)OCOC(C)=O)CC(=O)OCOC(C)=O)cc21. The summed E-state index contributed by atoms with van der Waals surface area (Å²) in [4.78, 5) is 145. The van der Waals surface area contributed by atoms with Gasteiger partial charge in [-0.3, -0.25) is 47.9 Å². The third kappa shape index (κ3) is 16.0. The van der Waals surface area contributed by atoms with Crippen LogP contribution in [0.15, 0.2) is 54.6 Å². The molecule has 0 aromatic heterocycles. The van der Waals surface area contributed by atoms with Crippen LogP contribution in [0.4, 0.5) is 17.1 Å². The van der Waals surface area contributed by atoms with E-state index < -0.39 is 143 Å². The zero-order valence-corrected chi connectivity index (χ0v) is 48.3. The number of esters is 11. The molecule has 0 amide bonds. The number of nitriles is 1. The quantitative estimate of drug-likeness (QED) is 0.0210. The zero-order valence-electron chi connectivity index (χ0n) is 48.3. The van der Waals surface area contributed by atoms with Crippen molar-refractivity contribution in [3.05, 3.63) is 105 Å². The van der Waals surface area contributed by atoms with E-state index in [-0.39, 0.29) is 73.6 Å². The summed E-state index contributed by atoms with van der Waals surface area (Å²) in [5.41, 5.74) is -3.40. The number of carbonyl (C=O) groups is 11. The molecule has 6 rings (SSSR count). The van der Waals surface area contributed by atoms with Crippen molar-refractivity contribution in [3.8, 4) is 34.8 Å². The van der Waals surface area contributed by atoms with E-state index in [4.69, 9.17) is 72.9 Å². The lowest BCUT2D eigenvalue weighted by Crippen LogP contribution is -2.41. The maximum Gasteiger partial charge on any atom is 0.340 e. The Bertz CT molecular complexity index is 3370. The molecule has 458 valence electrons. The minimum absolute atomic E-state index is 0.0350. The zero-order chi connectivity index (χ0) is 63.9. The molecule has 29 heteroatoms. The number of ether oxygens (including phenoxy) is 14. The molecule has 0 saturated heterocycles. The van der Waals surface area contributed by atoms with Gasteiger partial charge < -0.3 is 76.1 Å². The molecule has 1 heterocycles. The highest BCUT2D eigenvalue weighted by molar-refractivity contribution is 6.00. The van der Waals surface area contributed by atoms with Crippen LogP contribution < -0.4 is 33.5 Å². The first-order valence-corrected chi connectivity index (χ1v) is 25.8. The minimum Gasteiger partial charge on any atom is -0.497 e. The third-order valence-corrected chi connectivity index (χ3v) is 12.7. The first-order chi connectivity index (χ1) is 41.2. The van der Waals surface area contributed by atoms with E-state index >= 15 is 0 Å². The van der Waals surface area contributed by atoms with Crippen molar-refractivity contribution >= 4 is 82.7 Å². The highest BCUT2D eigenvalue weighted by Gasteiger charge is 2.57. The Balaban J connectivity index is 1.56. The summed E-state index contributed by atoms with van der Waals surface area (Å²) in [6.45, 7) is 10.8. The molecule has 2 aliphatic rings. The van der Waals surface area contributed by atoms with Crippen LogP contribution in [0.3, 0.4) is 0 Å². The summed E-state index contributed by atoms with van der Waals surface area (Å²) in [5.74, 6) is -10.4. The highest BCUT2D eigenvalue weighted by atomic mass is 16.7. The second-order valence-electron chi connectivity index (χ2n) is 19.1. The molecule has 1 unspecified atom stereocenters. The van der Waals surface area contributed by atoms with E-state index in [1.807, 2.05) is 6.07 Å². The Morgan fingerprint density at radius 1 is 0.529 bits per heavy atom. The van der Waals surface area contributed by atoms with Gasteiger partial charge in [0.2, 0.25) is 32.9 Å². The molecule has 0 saturated carbocycles. The van der Waals surface area contributed by atoms with E-state index in [9.17, 15) is 58.0 Å². The van der Waals surface area contributed by atoms with Gasteiger partial charge in [0.1, 0.15) is 74.2 Å². The van der Waals surface area contributed by atoms with Crippen LogP contribution in [0.1, 0.15) is 99.1 Å². The van der Waals surface area contributed by atoms with Crippen molar-refractivity contribution in [1.29, 1.82) is 5.26 Å². The van der Waals surface area contributed by atoms with E-state index in [0.717, 1.165) is 51.3 Å². The first-order valence-electron chi connectivity index (χ1n) is 25.8. The van der Waals surface area contributed by atoms with Crippen LogP contribution in [0.25, 0.3) is 4.85 Å². The molecule has 4 aromatic carbocycles. The van der Waals surface area contributed by atoms with Crippen LogP contribution in [-0.4, -0.2) is 139 Å². The predicted molar refractivity (Wildman–Crippen MR) is 290 cm³/mol. The molecule has 0 radical (unpaired) electrons. The van der Waals surface area contributed by atoms with Crippen LogP contribution in [-0.2, 0) is 102 Å². The number of methoxy groups -OCH3 is 1. The lowest BCUT2D eigenvalue weighted by atomic mass is 9.61. The summed E-state index contributed by atoms with van der Waals surface area (Å²) in [5, 5.41) is 10.6. The summed E-state index contributed by atoms with van der Waals surface area (Å²) in [7, 11) is 1.34. The molecule has 1 aliphatic carbocycles. The minimum atomic E-state index is -2.16. The van der Waals surface area contributed by atoms with Gasteiger partial charge in [-0.05, 0) is 65.2 Å². The Morgan fingerprint density at radius 2 is 0.954 bits per heavy atom. The molecule has 0 bridgehead atoms. The number of rotatable bonds is 26. The maximum absolute atomic E-state index is 14.9. The average Bonchev–Trinajstić information content (AvgIpc) is 1.66. The fourth-order valence-corrected chi connectivity index (χ4v) is 9.02. The van der Waals surface area contributed by atoms with Crippen molar-refractivity contribution in [2.45, 2.75) is 66.4 Å². The van der Waals surface area contributed by atoms with Gasteiger partial charge in [-0.1, -0.05) is 13.8 Å².